The monoisotopic (exact) mass is 341 g/mol. The largest absolute Gasteiger partial charge is 0.486 e. The first-order valence-corrected chi connectivity index (χ1v) is 7.54. The number of fused-ring (bicyclic) bond motifs is 1. The average Bonchev–Trinajstić information content (AvgIpc) is 2.45. The SMILES string of the molecule is Cc1cc(Cl)c(-c2cc(F)cc3c2O[C@@H](CN)CO3)c(Cl)c1. The number of hydrogen-bond donors (Lipinski definition) is 1. The highest BCUT2D eigenvalue weighted by atomic mass is 35.5. The van der Waals surface area contributed by atoms with E-state index in [9.17, 15) is 4.39 Å². The normalized spacial score (nSPS) is 16.7. The summed E-state index contributed by atoms with van der Waals surface area (Å²) in [5.74, 6) is 0.291. The van der Waals surface area contributed by atoms with Gasteiger partial charge in [-0.2, -0.15) is 0 Å². The third-order valence-electron chi connectivity index (χ3n) is 3.45. The van der Waals surface area contributed by atoms with E-state index >= 15 is 0 Å². The molecule has 3 rings (SSSR count). The minimum Gasteiger partial charge on any atom is -0.486 e. The second-order valence-corrected chi connectivity index (χ2v) is 5.99. The van der Waals surface area contributed by atoms with Gasteiger partial charge in [-0.3, -0.25) is 0 Å². The van der Waals surface area contributed by atoms with E-state index in [1.54, 1.807) is 12.1 Å². The van der Waals surface area contributed by atoms with Crippen molar-refractivity contribution >= 4 is 23.2 Å². The summed E-state index contributed by atoms with van der Waals surface area (Å²) in [6.45, 7) is 2.46. The lowest BCUT2D eigenvalue weighted by atomic mass is 10.0. The van der Waals surface area contributed by atoms with Crippen molar-refractivity contribution in [2.75, 3.05) is 13.2 Å². The van der Waals surface area contributed by atoms with E-state index in [0.29, 0.717) is 39.2 Å². The van der Waals surface area contributed by atoms with Crippen LogP contribution in [0, 0.1) is 12.7 Å². The molecular weight excluding hydrogens is 328 g/mol. The van der Waals surface area contributed by atoms with Gasteiger partial charge in [-0.05, 0) is 30.7 Å². The summed E-state index contributed by atoms with van der Waals surface area (Å²) >= 11 is 12.6. The number of rotatable bonds is 2. The molecular formula is C16H14Cl2FNO2. The van der Waals surface area contributed by atoms with Crippen LogP contribution in [0.2, 0.25) is 10.0 Å². The van der Waals surface area contributed by atoms with Crippen LogP contribution in [-0.2, 0) is 0 Å². The summed E-state index contributed by atoms with van der Waals surface area (Å²) in [6.07, 6.45) is -0.292. The second kappa shape index (κ2) is 5.95. The minimum absolute atomic E-state index is 0.280. The zero-order valence-corrected chi connectivity index (χ0v) is 13.3. The van der Waals surface area contributed by atoms with Gasteiger partial charge < -0.3 is 15.2 Å². The zero-order chi connectivity index (χ0) is 15.9. The Kier molecular flexibility index (Phi) is 4.17. The predicted molar refractivity (Wildman–Crippen MR) is 85.6 cm³/mol. The van der Waals surface area contributed by atoms with Gasteiger partial charge in [0.25, 0.3) is 0 Å². The lowest BCUT2D eigenvalue weighted by molar-refractivity contribution is 0.0971. The fourth-order valence-electron chi connectivity index (χ4n) is 2.44. The van der Waals surface area contributed by atoms with Gasteiger partial charge in [0.2, 0.25) is 0 Å². The Morgan fingerprint density at radius 2 is 1.91 bits per heavy atom. The van der Waals surface area contributed by atoms with Crippen molar-refractivity contribution in [3.8, 4) is 22.6 Å². The van der Waals surface area contributed by atoms with E-state index in [1.165, 1.54) is 12.1 Å². The summed E-state index contributed by atoms with van der Waals surface area (Å²) in [6, 6.07) is 6.15. The quantitative estimate of drug-likeness (QED) is 0.889. The third kappa shape index (κ3) is 2.74. The van der Waals surface area contributed by atoms with Crippen molar-refractivity contribution in [2.45, 2.75) is 13.0 Å². The van der Waals surface area contributed by atoms with Crippen molar-refractivity contribution < 1.29 is 13.9 Å². The molecule has 2 aromatic carbocycles. The van der Waals surface area contributed by atoms with Crippen LogP contribution in [0.25, 0.3) is 11.1 Å². The Labute approximate surface area is 137 Å². The van der Waals surface area contributed by atoms with Gasteiger partial charge in [-0.15, -0.1) is 0 Å². The van der Waals surface area contributed by atoms with Crippen LogP contribution in [0.1, 0.15) is 5.56 Å². The number of halogens is 3. The predicted octanol–water partition coefficient (Wildman–Crippen LogP) is 4.21. The van der Waals surface area contributed by atoms with Crippen LogP contribution in [0.15, 0.2) is 24.3 Å². The van der Waals surface area contributed by atoms with Gasteiger partial charge >= 0.3 is 0 Å². The topological polar surface area (TPSA) is 44.5 Å². The number of benzene rings is 2. The number of hydrogen-bond acceptors (Lipinski definition) is 3. The van der Waals surface area contributed by atoms with Crippen LogP contribution in [0.3, 0.4) is 0 Å². The van der Waals surface area contributed by atoms with Crippen LogP contribution < -0.4 is 15.2 Å². The van der Waals surface area contributed by atoms with E-state index < -0.39 is 5.82 Å². The maximum Gasteiger partial charge on any atom is 0.169 e. The molecule has 6 heteroatoms. The highest BCUT2D eigenvalue weighted by molar-refractivity contribution is 6.39. The zero-order valence-electron chi connectivity index (χ0n) is 11.8. The summed E-state index contributed by atoms with van der Waals surface area (Å²) in [5, 5.41) is 0.854. The van der Waals surface area contributed by atoms with Crippen molar-refractivity contribution in [1.82, 2.24) is 0 Å². The molecule has 0 aliphatic carbocycles. The van der Waals surface area contributed by atoms with Crippen LogP contribution in [-0.4, -0.2) is 19.3 Å². The van der Waals surface area contributed by atoms with Crippen LogP contribution in [0.5, 0.6) is 11.5 Å². The molecule has 22 heavy (non-hydrogen) atoms. The molecule has 0 amide bonds. The molecule has 1 atom stereocenters. The van der Waals surface area contributed by atoms with Crippen molar-refractivity contribution in [2.24, 2.45) is 5.73 Å². The summed E-state index contributed by atoms with van der Waals surface area (Å²) in [5.41, 5.74) is 7.53. The average molecular weight is 342 g/mol. The minimum atomic E-state index is -0.448. The molecule has 116 valence electrons. The molecule has 1 aliphatic heterocycles. The standard InChI is InChI=1S/C16H14Cl2FNO2/c1-8-2-12(17)15(13(18)3-8)11-4-9(19)5-14-16(11)22-10(6-20)7-21-14/h2-5,10H,6-7,20H2,1H3/t10-/m0/s1. The summed E-state index contributed by atoms with van der Waals surface area (Å²) < 4.78 is 25.3. The van der Waals surface area contributed by atoms with E-state index in [1.807, 2.05) is 6.92 Å². The van der Waals surface area contributed by atoms with Gasteiger partial charge in [-0.1, -0.05) is 23.2 Å². The first-order valence-electron chi connectivity index (χ1n) is 6.78. The molecule has 0 unspecified atom stereocenters. The van der Waals surface area contributed by atoms with Gasteiger partial charge in [0.05, 0.1) is 10.0 Å². The van der Waals surface area contributed by atoms with E-state index in [-0.39, 0.29) is 12.7 Å². The Hall–Kier alpha value is -1.49. The highest BCUT2D eigenvalue weighted by Gasteiger charge is 2.26. The Morgan fingerprint density at radius 1 is 1.23 bits per heavy atom. The Balaban J connectivity index is 2.22. The Bertz CT molecular complexity index is 713. The molecule has 0 bridgehead atoms. The number of aryl methyl sites for hydroxylation is 1. The lowest BCUT2D eigenvalue weighted by Crippen LogP contribution is -2.36. The number of ether oxygens (including phenoxy) is 2. The smallest absolute Gasteiger partial charge is 0.169 e. The maximum absolute atomic E-state index is 13.9. The van der Waals surface area contributed by atoms with E-state index in [0.717, 1.165) is 5.56 Å². The molecule has 0 fully saturated rings. The molecule has 0 spiro atoms. The van der Waals surface area contributed by atoms with Crippen molar-refractivity contribution in [1.29, 1.82) is 0 Å². The van der Waals surface area contributed by atoms with Gasteiger partial charge in [0.15, 0.2) is 11.5 Å². The number of nitrogens with two attached hydrogens (primary N) is 1. The third-order valence-corrected chi connectivity index (χ3v) is 4.04. The molecule has 0 aromatic heterocycles. The molecule has 1 heterocycles. The van der Waals surface area contributed by atoms with E-state index in [2.05, 4.69) is 0 Å². The lowest BCUT2D eigenvalue weighted by Gasteiger charge is -2.28. The summed E-state index contributed by atoms with van der Waals surface area (Å²) in [4.78, 5) is 0. The molecule has 1 aliphatic rings. The first-order chi connectivity index (χ1) is 10.5. The van der Waals surface area contributed by atoms with E-state index in [4.69, 9.17) is 38.4 Å². The fourth-order valence-corrected chi connectivity index (χ4v) is 3.24. The molecule has 2 aromatic rings. The van der Waals surface area contributed by atoms with Crippen LogP contribution >= 0.6 is 23.2 Å². The van der Waals surface area contributed by atoms with Crippen molar-refractivity contribution in [3.63, 3.8) is 0 Å². The molecule has 0 saturated carbocycles. The Morgan fingerprint density at radius 3 is 2.55 bits per heavy atom. The summed E-state index contributed by atoms with van der Waals surface area (Å²) in [7, 11) is 0. The molecule has 0 saturated heterocycles. The fraction of sp³-hybridized carbons (Fsp3) is 0.250. The maximum atomic E-state index is 13.9. The first kappa shape index (κ1) is 15.4. The highest BCUT2D eigenvalue weighted by Crippen LogP contribution is 2.46. The van der Waals surface area contributed by atoms with Crippen LogP contribution in [0.4, 0.5) is 4.39 Å². The molecule has 3 nitrogen and oxygen atoms in total. The molecule has 2 N–H and O–H groups in total. The second-order valence-electron chi connectivity index (χ2n) is 5.17. The van der Waals surface area contributed by atoms with Gasteiger partial charge in [0.1, 0.15) is 18.5 Å². The molecule has 0 radical (unpaired) electrons. The van der Waals surface area contributed by atoms with Crippen molar-refractivity contribution in [3.05, 3.63) is 45.7 Å². The van der Waals surface area contributed by atoms with Gasteiger partial charge in [-0.25, -0.2) is 4.39 Å². The van der Waals surface area contributed by atoms with Gasteiger partial charge in [0, 0.05) is 23.7 Å².